The second-order valence-electron chi connectivity index (χ2n) is 11.6. The molecule has 1 fully saturated rings. The summed E-state index contributed by atoms with van der Waals surface area (Å²) < 4.78 is 5.27. The first-order valence-electron chi connectivity index (χ1n) is 14.1. The van der Waals surface area contributed by atoms with E-state index in [2.05, 4.69) is 15.6 Å². The molecule has 0 aliphatic carbocycles. The Hall–Kier alpha value is -3.72. The summed E-state index contributed by atoms with van der Waals surface area (Å²) in [5.41, 5.74) is 5.39. The van der Waals surface area contributed by atoms with Crippen molar-refractivity contribution in [3.63, 3.8) is 0 Å². The van der Waals surface area contributed by atoms with Crippen molar-refractivity contribution in [1.82, 2.24) is 20.5 Å². The highest BCUT2D eigenvalue weighted by atomic mass is 32.1. The number of nitrogens with zero attached hydrogens (tertiary/aromatic N) is 2. The molecule has 3 amide bonds. The lowest BCUT2D eigenvalue weighted by atomic mass is 9.85. The van der Waals surface area contributed by atoms with Crippen LogP contribution in [0.3, 0.4) is 0 Å². The predicted molar refractivity (Wildman–Crippen MR) is 162 cm³/mol. The van der Waals surface area contributed by atoms with Gasteiger partial charge in [0.1, 0.15) is 17.8 Å². The average Bonchev–Trinajstić information content (AvgIpc) is 3.62. The predicted octanol–water partition coefficient (Wildman–Crippen LogP) is 4.90. The molecule has 1 saturated heterocycles. The summed E-state index contributed by atoms with van der Waals surface area (Å²) in [5, 5.41) is 5.99. The van der Waals surface area contributed by atoms with Crippen LogP contribution in [0.4, 0.5) is 0 Å². The fourth-order valence-corrected chi connectivity index (χ4v) is 5.91. The number of amides is 3. The van der Waals surface area contributed by atoms with E-state index in [4.69, 9.17) is 4.74 Å². The van der Waals surface area contributed by atoms with Crippen LogP contribution in [0.2, 0.25) is 0 Å². The zero-order chi connectivity index (χ0) is 29.6. The van der Waals surface area contributed by atoms with Gasteiger partial charge in [-0.25, -0.2) is 4.98 Å². The van der Waals surface area contributed by atoms with Crippen LogP contribution in [0.25, 0.3) is 10.4 Å². The van der Waals surface area contributed by atoms with E-state index in [9.17, 15) is 14.4 Å². The van der Waals surface area contributed by atoms with Crippen molar-refractivity contribution in [3.05, 3.63) is 70.9 Å². The Kier molecular flexibility index (Phi) is 9.81. The third-order valence-electron chi connectivity index (χ3n) is 7.46. The summed E-state index contributed by atoms with van der Waals surface area (Å²) in [4.78, 5) is 47.0. The van der Waals surface area contributed by atoms with E-state index in [1.54, 1.807) is 23.3 Å². The molecule has 2 atom stereocenters. The summed E-state index contributed by atoms with van der Waals surface area (Å²) in [5.74, 6) is 0.162. The molecule has 1 unspecified atom stereocenters. The first-order valence-corrected chi connectivity index (χ1v) is 14.9. The van der Waals surface area contributed by atoms with Gasteiger partial charge in [0, 0.05) is 19.5 Å². The number of thiazole rings is 1. The Morgan fingerprint density at radius 1 is 1.12 bits per heavy atom. The molecule has 4 rings (SSSR count). The molecule has 8 nitrogen and oxygen atoms in total. The number of carbonyl (C=O) groups excluding carboxylic acids is 3. The molecule has 2 N–H and O–H groups in total. The quantitative estimate of drug-likeness (QED) is 0.358. The summed E-state index contributed by atoms with van der Waals surface area (Å²) in [6.07, 6.45) is 2.13. The van der Waals surface area contributed by atoms with Crippen LogP contribution in [0.1, 0.15) is 56.9 Å². The average molecular weight is 577 g/mol. The van der Waals surface area contributed by atoms with Crippen LogP contribution in [0.5, 0.6) is 5.75 Å². The van der Waals surface area contributed by atoms with Crippen molar-refractivity contribution in [2.24, 2.45) is 5.41 Å². The number of hydrogen-bond donors (Lipinski definition) is 2. The van der Waals surface area contributed by atoms with Crippen LogP contribution in [0, 0.1) is 12.3 Å². The Bertz CT molecular complexity index is 1360. The fourth-order valence-electron chi connectivity index (χ4n) is 5.10. The molecule has 0 saturated carbocycles. The molecule has 1 aliphatic rings. The molecule has 9 heteroatoms. The van der Waals surface area contributed by atoms with Crippen molar-refractivity contribution < 1.29 is 19.1 Å². The van der Waals surface area contributed by atoms with Gasteiger partial charge in [0.15, 0.2) is 0 Å². The Morgan fingerprint density at radius 3 is 2.54 bits per heavy atom. The fraction of sp³-hybridized carbons (Fsp3) is 0.438. The molecular weight excluding hydrogens is 536 g/mol. The van der Waals surface area contributed by atoms with E-state index in [1.807, 2.05) is 81.7 Å². The van der Waals surface area contributed by atoms with Crippen LogP contribution in [-0.2, 0) is 27.3 Å². The number of carbonyl (C=O) groups is 3. The van der Waals surface area contributed by atoms with E-state index in [0.29, 0.717) is 25.9 Å². The normalized spacial score (nSPS) is 15.8. The summed E-state index contributed by atoms with van der Waals surface area (Å²) >= 11 is 1.61. The van der Waals surface area contributed by atoms with Crippen LogP contribution >= 0.6 is 11.3 Å². The largest absolute Gasteiger partial charge is 0.497 e. The highest BCUT2D eigenvalue weighted by molar-refractivity contribution is 7.13. The van der Waals surface area contributed by atoms with Gasteiger partial charge in [0.25, 0.3) is 0 Å². The SMILES string of the molecule is COc1cccc(CCC(=O)NC(C(=O)N2CCC[C@H]2C(=O)NCc2ccc(-c3scnc3C)cc2)C(C)(C)C)c1. The second kappa shape index (κ2) is 13.3. The highest BCUT2D eigenvalue weighted by Gasteiger charge is 2.41. The number of aryl methyl sites for hydroxylation is 2. The van der Waals surface area contributed by atoms with Crippen molar-refractivity contribution >= 4 is 29.1 Å². The molecule has 0 spiro atoms. The van der Waals surface area contributed by atoms with Gasteiger partial charge in [-0.15, -0.1) is 11.3 Å². The van der Waals surface area contributed by atoms with E-state index >= 15 is 0 Å². The van der Waals surface area contributed by atoms with Crippen LogP contribution in [0.15, 0.2) is 54.0 Å². The van der Waals surface area contributed by atoms with Gasteiger partial charge in [0.2, 0.25) is 17.7 Å². The molecule has 0 bridgehead atoms. The van der Waals surface area contributed by atoms with Gasteiger partial charge < -0.3 is 20.3 Å². The molecular formula is C32H40N4O4S. The summed E-state index contributed by atoms with van der Waals surface area (Å²) in [6.45, 7) is 8.66. The van der Waals surface area contributed by atoms with Crippen molar-refractivity contribution in [3.8, 4) is 16.2 Å². The molecule has 1 aliphatic heterocycles. The zero-order valence-electron chi connectivity index (χ0n) is 24.5. The zero-order valence-corrected chi connectivity index (χ0v) is 25.3. The lowest BCUT2D eigenvalue weighted by Crippen LogP contribution is -2.57. The van der Waals surface area contributed by atoms with Gasteiger partial charge in [-0.3, -0.25) is 14.4 Å². The number of likely N-dealkylation sites (tertiary alicyclic amines) is 1. The van der Waals surface area contributed by atoms with E-state index in [1.165, 1.54) is 0 Å². The lowest BCUT2D eigenvalue weighted by molar-refractivity contribution is -0.143. The minimum absolute atomic E-state index is 0.171. The minimum Gasteiger partial charge on any atom is -0.497 e. The Labute approximate surface area is 246 Å². The number of methoxy groups -OCH3 is 1. The first-order chi connectivity index (χ1) is 19.6. The van der Waals surface area contributed by atoms with Gasteiger partial charge >= 0.3 is 0 Å². The number of nitrogens with one attached hydrogen (secondary N) is 2. The monoisotopic (exact) mass is 576 g/mol. The highest BCUT2D eigenvalue weighted by Crippen LogP contribution is 2.28. The number of hydrogen-bond acceptors (Lipinski definition) is 6. The molecule has 41 heavy (non-hydrogen) atoms. The van der Waals surface area contributed by atoms with Crippen molar-refractivity contribution in [2.75, 3.05) is 13.7 Å². The maximum absolute atomic E-state index is 13.8. The van der Waals surface area contributed by atoms with E-state index in [0.717, 1.165) is 39.4 Å². The van der Waals surface area contributed by atoms with Gasteiger partial charge in [-0.2, -0.15) is 0 Å². The number of aromatic nitrogens is 1. The number of benzene rings is 2. The van der Waals surface area contributed by atoms with Gasteiger partial charge in [-0.05, 0) is 60.4 Å². The van der Waals surface area contributed by atoms with Gasteiger partial charge in [-0.1, -0.05) is 57.2 Å². The lowest BCUT2D eigenvalue weighted by Gasteiger charge is -2.35. The third kappa shape index (κ3) is 7.73. The topological polar surface area (TPSA) is 101 Å². The van der Waals surface area contributed by atoms with Crippen LogP contribution < -0.4 is 15.4 Å². The second-order valence-corrected chi connectivity index (χ2v) is 12.4. The maximum Gasteiger partial charge on any atom is 0.246 e. The minimum atomic E-state index is -0.739. The number of ether oxygens (including phenoxy) is 1. The first kappa shape index (κ1) is 30.2. The van der Waals surface area contributed by atoms with Crippen LogP contribution in [-0.4, -0.2) is 53.3 Å². The standard InChI is InChI=1S/C32H40N4O4S/c1-21-28(41-20-34-21)24-14-11-23(12-15-24)19-33-30(38)26-10-7-17-36(26)31(39)29(32(2,3)4)35-27(37)16-13-22-8-6-9-25(18-22)40-5/h6,8-9,11-12,14-15,18,20,26,29H,7,10,13,16-17,19H2,1-5H3,(H,33,38)(H,35,37)/t26-,29?/m0/s1. The summed E-state index contributed by atoms with van der Waals surface area (Å²) in [6, 6.07) is 14.4. The van der Waals surface area contributed by atoms with E-state index in [-0.39, 0.29) is 24.1 Å². The Morgan fingerprint density at radius 2 is 1.88 bits per heavy atom. The Balaban J connectivity index is 1.35. The third-order valence-corrected chi connectivity index (χ3v) is 8.44. The molecule has 0 radical (unpaired) electrons. The molecule has 2 heterocycles. The molecule has 2 aromatic carbocycles. The molecule has 3 aromatic rings. The van der Waals surface area contributed by atoms with Crippen molar-refractivity contribution in [1.29, 1.82) is 0 Å². The maximum atomic E-state index is 13.8. The summed E-state index contributed by atoms with van der Waals surface area (Å²) in [7, 11) is 1.61. The smallest absolute Gasteiger partial charge is 0.246 e. The molecule has 218 valence electrons. The van der Waals surface area contributed by atoms with Crippen molar-refractivity contribution in [2.45, 2.75) is 72.0 Å². The number of rotatable bonds is 10. The molecule has 1 aromatic heterocycles. The van der Waals surface area contributed by atoms with Gasteiger partial charge in [0.05, 0.1) is 23.2 Å². The van der Waals surface area contributed by atoms with E-state index < -0.39 is 17.5 Å².